The monoisotopic (exact) mass is 351 g/mol. The van der Waals surface area contributed by atoms with Crippen LogP contribution in [0.25, 0.3) is 0 Å². The number of aromatic nitrogens is 1. The molecule has 1 aliphatic carbocycles. The standard InChI is InChI=1S/C20H21N3O3/c1-20(22-18(25)13-6-3-2-4-7-13)11-23(12-20)19(26)16-10-14-15(21-16)8-5-9-17(14)24/h2-4,6-7,10,21H,5,8-9,11-12H2,1H3,(H,22,25). The third kappa shape index (κ3) is 2.92. The summed E-state index contributed by atoms with van der Waals surface area (Å²) in [6.07, 6.45) is 2.18. The van der Waals surface area contributed by atoms with Gasteiger partial charge in [0.25, 0.3) is 11.8 Å². The van der Waals surface area contributed by atoms with E-state index in [-0.39, 0.29) is 17.6 Å². The highest BCUT2D eigenvalue weighted by Gasteiger charge is 2.43. The average molecular weight is 351 g/mol. The van der Waals surface area contributed by atoms with Crippen LogP contribution in [0.1, 0.15) is 56.7 Å². The number of ketones is 1. The first-order valence-corrected chi connectivity index (χ1v) is 8.87. The number of carbonyl (C=O) groups excluding carboxylic acids is 3. The number of likely N-dealkylation sites (tertiary alicyclic amines) is 1. The predicted octanol–water partition coefficient (Wildman–Crippen LogP) is 2.18. The lowest BCUT2D eigenvalue weighted by molar-refractivity contribution is 0.0326. The Labute approximate surface area is 151 Å². The summed E-state index contributed by atoms with van der Waals surface area (Å²) in [6.45, 7) is 2.82. The zero-order valence-corrected chi connectivity index (χ0v) is 14.7. The number of H-pyrrole nitrogens is 1. The van der Waals surface area contributed by atoms with Crippen LogP contribution in [0.15, 0.2) is 36.4 Å². The van der Waals surface area contributed by atoms with E-state index in [9.17, 15) is 14.4 Å². The topological polar surface area (TPSA) is 82.3 Å². The fourth-order valence-corrected chi connectivity index (χ4v) is 3.74. The Kier molecular flexibility index (Phi) is 3.90. The first-order valence-electron chi connectivity index (χ1n) is 8.87. The number of aryl methyl sites for hydroxylation is 1. The van der Waals surface area contributed by atoms with Gasteiger partial charge in [0.1, 0.15) is 5.69 Å². The molecule has 2 aromatic rings. The van der Waals surface area contributed by atoms with E-state index in [1.807, 2.05) is 25.1 Å². The number of amides is 2. The second kappa shape index (κ2) is 6.12. The number of fused-ring (bicyclic) bond motifs is 1. The van der Waals surface area contributed by atoms with Gasteiger partial charge >= 0.3 is 0 Å². The number of benzene rings is 1. The third-order valence-corrected chi connectivity index (χ3v) is 5.08. The summed E-state index contributed by atoms with van der Waals surface area (Å²) in [7, 11) is 0. The first-order chi connectivity index (χ1) is 12.5. The molecular formula is C20H21N3O3. The van der Waals surface area contributed by atoms with Crippen LogP contribution in [0.5, 0.6) is 0 Å². The molecule has 1 fully saturated rings. The van der Waals surface area contributed by atoms with Gasteiger partial charge in [0.2, 0.25) is 0 Å². The summed E-state index contributed by atoms with van der Waals surface area (Å²) in [5.74, 6) is -0.162. The van der Waals surface area contributed by atoms with Crippen molar-refractivity contribution in [2.45, 2.75) is 31.7 Å². The van der Waals surface area contributed by atoms with Gasteiger partial charge in [0.15, 0.2) is 5.78 Å². The van der Waals surface area contributed by atoms with Crippen LogP contribution < -0.4 is 5.32 Å². The summed E-state index contributed by atoms with van der Waals surface area (Å²) < 4.78 is 0. The Morgan fingerprint density at radius 1 is 1.15 bits per heavy atom. The number of nitrogens with one attached hydrogen (secondary N) is 2. The Bertz CT molecular complexity index is 879. The molecule has 26 heavy (non-hydrogen) atoms. The van der Waals surface area contributed by atoms with Crippen molar-refractivity contribution in [1.29, 1.82) is 0 Å². The molecule has 0 saturated carbocycles. The molecule has 0 atom stereocenters. The van der Waals surface area contributed by atoms with E-state index in [2.05, 4.69) is 10.3 Å². The first kappa shape index (κ1) is 16.6. The quantitative estimate of drug-likeness (QED) is 0.889. The van der Waals surface area contributed by atoms with Crippen LogP contribution in [0.2, 0.25) is 0 Å². The molecule has 4 rings (SSSR count). The summed E-state index contributed by atoms with van der Waals surface area (Å²) >= 11 is 0. The number of hydrogen-bond donors (Lipinski definition) is 2. The summed E-state index contributed by atoms with van der Waals surface area (Å²) in [5.41, 5.74) is 2.14. The predicted molar refractivity (Wildman–Crippen MR) is 96.3 cm³/mol. The summed E-state index contributed by atoms with van der Waals surface area (Å²) in [4.78, 5) is 41.7. The van der Waals surface area contributed by atoms with Gasteiger partial charge < -0.3 is 15.2 Å². The highest BCUT2D eigenvalue weighted by atomic mass is 16.2. The van der Waals surface area contributed by atoms with E-state index in [4.69, 9.17) is 0 Å². The minimum Gasteiger partial charge on any atom is -0.354 e. The highest BCUT2D eigenvalue weighted by molar-refractivity contribution is 6.02. The molecule has 0 radical (unpaired) electrons. The molecular weight excluding hydrogens is 330 g/mol. The second-order valence-corrected chi connectivity index (χ2v) is 7.39. The molecule has 2 amide bonds. The van der Waals surface area contributed by atoms with Crippen molar-refractivity contribution in [3.63, 3.8) is 0 Å². The fourth-order valence-electron chi connectivity index (χ4n) is 3.74. The Hall–Kier alpha value is -2.89. The number of hydrogen-bond acceptors (Lipinski definition) is 3. The van der Waals surface area contributed by atoms with Gasteiger partial charge in [0.05, 0.1) is 5.54 Å². The smallest absolute Gasteiger partial charge is 0.270 e. The lowest BCUT2D eigenvalue weighted by atomic mass is 9.91. The van der Waals surface area contributed by atoms with E-state index in [0.29, 0.717) is 36.3 Å². The fraction of sp³-hybridized carbons (Fsp3) is 0.350. The zero-order valence-electron chi connectivity index (χ0n) is 14.7. The van der Waals surface area contributed by atoms with Gasteiger partial charge in [-0.05, 0) is 38.0 Å². The van der Waals surface area contributed by atoms with Crippen molar-refractivity contribution in [3.05, 3.63) is 58.9 Å². The van der Waals surface area contributed by atoms with Crippen LogP contribution in [-0.4, -0.2) is 46.1 Å². The molecule has 134 valence electrons. The van der Waals surface area contributed by atoms with Crippen molar-refractivity contribution in [3.8, 4) is 0 Å². The normalized spacial score (nSPS) is 18.0. The van der Waals surface area contributed by atoms with Crippen molar-refractivity contribution in [1.82, 2.24) is 15.2 Å². The van der Waals surface area contributed by atoms with Gasteiger partial charge in [-0.15, -0.1) is 0 Å². The number of aromatic amines is 1. The lowest BCUT2D eigenvalue weighted by Gasteiger charge is -2.48. The van der Waals surface area contributed by atoms with E-state index in [1.54, 1.807) is 23.1 Å². The molecule has 0 unspecified atom stereocenters. The second-order valence-electron chi connectivity index (χ2n) is 7.39. The minimum atomic E-state index is -0.440. The molecule has 1 aromatic heterocycles. The number of carbonyl (C=O) groups is 3. The number of rotatable bonds is 3. The van der Waals surface area contributed by atoms with Gasteiger partial charge in [-0.1, -0.05) is 18.2 Å². The average Bonchev–Trinajstić information content (AvgIpc) is 3.05. The van der Waals surface area contributed by atoms with Gasteiger partial charge in [0, 0.05) is 36.3 Å². The molecule has 1 saturated heterocycles. The maximum atomic E-state index is 12.7. The van der Waals surface area contributed by atoms with Gasteiger partial charge in [-0.2, -0.15) is 0 Å². The molecule has 1 aliphatic heterocycles. The van der Waals surface area contributed by atoms with E-state index >= 15 is 0 Å². The third-order valence-electron chi connectivity index (χ3n) is 5.08. The SMILES string of the molecule is CC1(NC(=O)c2ccccc2)CN(C(=O)c2cc3c([nH]2)CCCC3=O)C1. The molecule has 1 aromatic carbocycles. The van der Waals surface area contributed by atoms with Crippen molar-refractivity contribution in [2.24, 2.45) is 0 Å². The maximum Gasteiger partial charge on any atom is 0.270 e. The largest absolute Gasteiger partial charge is 0.354 e. The minimum absolute atomic E-state index is 0.102. The van der Waals surface area contributed by atoms with E-state index < -0.39 is 5.54 Å². The van der Waals surface area contributed by atoms with Gasteiger partial charge in [-0.3, -0.25) is 14.4 Å². The highest BCUT2D eigenvalue weighted by Crippen LogP contribution is 2.26. The molecule has 0 spiro atoms. The van der Waals surface area contributed by atoms with Crippen molar-refractivity contribution in [2.75, 3.05) is 13.1 Å². The maximum absolute atomic E-state index is 12.7. The molecule has 6 heteroatoms. The van der Waals surface area contributed by atoms with E-state index in [1.165, 1.54) is 0 Å². The zero-order chi connectivity index (χ0) is 18.3. The Balaban J connectivity index is 1.40. The van der Waals surface area contributed by atoms with Gasteiger partial charge in [-0.25, -0.2) is 0 Å². The van der Waals surface area contributed by atoms with Crippen LogP contribution in [0.3, 0.4) is 0 Å². The molecule has 0 bridgehead atoms. The number of nitrogens with zero attached hydrogens (tertiary/aromatic N) is 1. The number of Topliss-reactive ketones (excluding diaryl/α,β-unsaturated/α-hetero) is 1. The molecule has 6 nitrogen and oxygen atoms in total. The van der Waals surface area contributed by atoms with Crippen LogP contribution >= 0.6 is 0 Å². The Morgan fingerprint density at radius 2 is 1.88 bits per heavy atom. The van der Waals surface area contributed by atoms with Crippen LogP contribution in [0, 0.1) is 0 Å². The lowest BCUT2D eigenvalue weighted by Crippen LogP contribution is -2.69. The summed E-state index contributed by atoms with van der Waals surface area (Å²) in [5, 5.41) is 3.00. The van der Waals surface area contributed by atoms with Crippen molar-refractivity contribution < 1.29 is 14.4 Å². The summed E-state index contributed by atoms with van der Waals surface area (Å²) in [6, 6.07) is 10.7. The molecule has 2 aliphatic rings. The van der Waals surface area contributed by atoms with E-state index in [0.717, 1.165) is 18.5 Å². The molecule has 2 heterocycles. The molecule has 2 N–H and O–H groups in total. The Morgan fingerprint density at radius 3 is 2.58 bits per heavy atom. The van der Waals surface area contributed by atoms with Crippen LogP contribution in [0.4, 0.5) is 0 Å². The van der Waals surface area contributed by atoms with Crippen molar-refractivity contribution >= 4 is 17.6 Å². The van der Waals surface area contributed by atoms with Crippen LogP contribution in [-0.2, 0) is 6.42 Å².